The van der Waals surface area contributed by atoms with Gasteiger partial charge in [0.1, 0.15) is 11.6 Å². The van der Waals surface area contributed by atoms with Crippen LogP contribution in [-0.2, 0) is 0 Å². The summed E-state index contributed by atoms with van der Waals surface area (Å²) in [4.78, 5) is 16.0. The molecular formula is C12H7BrFIN2O. The summed E-state index contributed by atoms with van der Waals surface area (Å²) in [6.45, 7) is 0. The number of halogens is 3. The fourth-order valence-corrected chi connectivity index (χ4v) is 2.05. The number of hydrogen-bond acceptors (Lipinski definition) is 2. The molecule has 6 heteroatoms. The Morgan fingerprint density at radius 2 is 2.11 bits per heavy atom. The van der Waals surface area contributed by atoms with Gasteiger partial charge in [-0.2, -0.15) is 0 Å². The van der Waals surface area contributed by atoms with Crippen molar-refractivity contribution in [3.8, 4) is 0 Å². The molecule has 0 unspecified atom stereocenters. The van der Waals surface area contributed by atoms with Gasteiger partial charge in [-0.1, -0.05) is 0 Å². The van der Waals surface area contributed by atoms with E-state index in [1.54, 1.807) is 12.3 Å². The molecule has 92 valence electrons. The molecule has 0 bridgehead atoms. The maximum Gasteiger partial charge on any atom is 0.258 e. The molecule has 1 heterocycles. The molecule has 1 amide bonds. The Labute approximate surface area is 125 Å². The van der Waals surface area contributed by atoms with Crippen LogP contribution in [0.3, 0.4) is 0 Å². The first-order valence-corrected chi connectivity index (χ1v) is 6.81. The van der Waals surface area contributed by atoms with Crippen LogP contribution in [0.5, 0.6) is 0 Å². The van der Waals surface area contributed by atoms with Crippen molar-refractivity contribution in [2.45, 2.75) is 0 Å². The zero-order valence-electron chi connectivity index (χ0n) is 8.95. The van der Waals surface area contributed by atoms with Crippen LogP contribution < -0.4 is 5.32 Å². The standard InChI is InChI=1S/C12H7BrFIN2O/c13-10-3-1-7(14)5-9(10)12(18)17-11-4-2-8(15)6-16-11/h1-6H,(H,16,17,18). The lowest BCUT2D eigenvalue weighted by atomic mass is 10.2. The zero-order valence-corrected chi connectivity index (χ0v) is 12.7. The zero-order chi connectivity index (χ0) is 13.1. The molecule has 0 aliphatic rings. The van der Waals surface area contributed by atoms with Crippen LogP contribution in [0.25, 0.3) is 0 Å². The molecule has 0 atom stereocenters. The van der Waals surface area contributed by atoms with Crippen molar-refractivity contribution in [2.75, 3.05) is 5.32 Å². The second-order valence-electron chi connectivity index (χ2n) is 3.44. The number of nitrogens with one attached hydrogen (secondary N) is 1. The van der Waals surface area contributed by atoms with Crippen LogP contribution in [0.2, 0.25) is 0 Å². The molecule has 0 radical (unpaired) electrons. The van der Waals surface area contributed by atoms with E-state index in [1.807, 2.05) is 6.07 Å². The normalized spacial score (nSPS) is 10.2. The van der Waals surface area contributed by atoms with Crippen LogP contribution in [0.4, 0.5) is 10.2 Å². The Hall–Kier alpha value is -1.02. The number of rotatable bonds is 2. The second kappa shape index (κ2) is 5.75. The van der Waals surface area contributed by atoms with E-state index in [1.165, 1.54) is 18.2 Å². The number of carbonyl (C=O) groups excluding carboxylic acids is 1. The lowest BCUT2D eigenvalue weighted by Crippen LogP contribution is -2.13. The van der Waals surface area contributed by atoms with Crippen LogP contribution in [0.1, 0.15) is 10.4 Å². The smallest absolute Gasteiger partial charge is 0.258 e. The number of amides is 1. The average molecular weight is 421 g/mol. The van der Waals surface area contributed by atoms with E-state index in [0.717, 1.165) is 3.57 Å². The van der Waals surface area contributed by atoms with E-state index in [4.69, 9.17) is 0 Å². The van der Waals surface area contributed by atoms with Crippen LogP contribution >= 0.6 is 38.5 Å². The first-order valence-electron chi connectivity index (χ1n) is 4.94. The van der Waals surface area contributed by atoms with Crippen molar-refractivity contribution < 1.29 is 9.18 Å². The largest absolute Gasteiger partial charge is 0.307 e. The molecule has 0 aliphatic carbocycles. The maximum absolute atomic E-state index is 13.1. The van der Waals surface area contributed by atoms with E-state index in [0.29, 0.717) is 10.3 Å². The lowest BCUT2D eigenvalue weighted by Gasteiger charge is -2.06. The van der Waals surface area contributed by atoms with E-state index in [9.17, 15) is 9.18 Å². The van der Waals surface area contributed by atoms with E-state index in [2.05, 4.69) is 48.8 Å². The maximum atomic E-state index is 13.1. The Bertz CT molecular complexity index is 589. The van der Waals surface area contributed by atoms with Gasteiger partial charge < -0.3 is 5.32 Å². The topological polar surface area (TPSA) is 42.0 Å². The third-order valence-electron chi connectivity index (χ3n) is 2.14. The van der Waals surface area contributed by atoms with Gasteiger partial charge in [0, 0.05) is 14.2 Å². The number of nitrogens with zero attached hydrogens (tertiary/aromatic N) is 1. The molecule has 1 aromatic heterocycles. The highest BCUT2D eigenvalue weighted by molar-refractivity contribution is 14.1. The lowest BCUT2D eigenvalue weighted by molar-refractivity contribution is 0.102. The van der Waals surface area contributed by atoms with Crippen LogP contribution in [0, 0.1) is 9.39 Å². The van der Waals surface area contributed by atoms with Gasteiger partial charge in [0.15, 0.2) is 0 Å². The Kier molecular flexibility index (Phi) is 4.28. The third-order valence-corrected chi connectivity index (χ3v) is 3.47. The molecule has 0 fully saturated rings. The minimum Gasteiger partial charge on any atom is -0.307 e. The van der Waals surface area contributed by atoms with Gasteiger partial charge in [0.2, 0.25) is 0 Å². The van der Waals surface area contributed by atoms with Crippen LogP contribution in [0.15, 0.2) is 41.0 Å². The van der Waals surface area contributed by atoms with E-state index in [-0.39, 0.29) is 5.56 Å². The molecule has 2 aromatic rings. The van der Waals surface area contributed by atoms with Crippen molar-refractivity contribution in [1.29, 1.82) is 0 Å². The van der Waals surface area contributed by atoms with Gasteiger partial charge >= 0.3 is 0 Å². The predicted molar refractivity (Wildman–Crippen MR) is 79.0 cm³/mol. The summed E-state index contributed by atoms with van der Waals surface area (Å²) in [5.74, 6) is -0.439. The summed E-state index contributed by atoms with van der Waals surface area (Å²) in [6, 6.07) is 7.46. The molecule has 1 aromatic carbocycles. The highest BCUT2D eigenvalue weighted by atomic mass is 127. The Morgan fingerprint density at radius 1 is 1.33 bits per heavy atom. The number of carbonyl (C=O) groups is 1. The highest BCUT2D eigenvalue weighted by Crippen LogP contribution is 2.19. The molecule has 2 rings (SSSR count). The Balaban J connectivity index is 2.21. The number of hydrogen-bond donors (Lipinski definition) is 1. The number of anilines is 1. The summed E-state index contributed by atoms with van der Waals surface area (Å²) in [5, 5.41) is 2.60. The summed E-state index contributed by atoms with van der Waals surface area (Å²) < 4.78 is 14.6. The first-order chi connectivity index (χ1) is 8.56. The average Bonchev–Trinajstić information content (AvgIpc) is 2.35. The number of aromatic nitrogens is 1. The van der Waals surface area contributed by atoms with Gasteiger partial charge in [0.25, 0.3) is 5.91 Å². The predicted octanol–water partition coefficient (Wildman–Crippen LogP) is 3.84. The van der Waals surface area contributed by atoms with Crippen molar-refractivity contribution in [3.05, 3.63) is 56.0 Å². The summed E-state index contributed by atoms with van der Waals surface area (Å²) >= 11 is 5.33. The van der Waals surface area contributed by atoms with E-state index < -0.39 is 11.7 Å². The molecule has 0 saturated carbocycles. The summed E-state index contributed by atoms with van der Waals surface area (Å²) in [5.41, 5.74) is 0.232. The summed E-state index contributed by atoms with van der Waals surface area (Å²) in [6.07, 6.45) is 1.64. The van der Waals surface area contributed by atoms with Gasteiger partial charge in [-0.25, -0.2) is 9.37 Å². The van der Waals surface area contributed by atoms with E-state index >= 15 is 0 Å². The van der Waals surface area contributed by atoms with Gasteiger partial charge in [-0.15, -0.1) is 0 Å². The van der Waals surface area contributed by atoms with Crippen molar-refractivity contribution in [3.63, 3.8) is 0 Å². The number of pyridine rings is 1. The Morgan fingerprint density at radius 3 is 2.78 bits per heavy atom. The van der Waals surface area contributed by atoms with Gasteiger partial charge in [0.05, 0.1) is 5.56 Å². The molecule has 0 aliphatic heterocycles. The molecule has 0 saturated heterocycles. The molecule has 18 heavy (non-hydrogen) atoms. The van der Waals surface area contributed by atoms with Crippen LogP contribution in [-0.4, -0.2) is 10.9 Å². The minimum absolute atomic E-state index is 0.232. The van der Waals surface area contributed by atoms with Gasteiger partial charge in [-0.05, 0) is 68.9 Å². The SMILES string of the molecule is O=C(Nc1ccc(I)cn1)c1cc(F)ccc1Br. The second-order valence-corrected chi connectivity index (χ2v) is 5.54. The fourth-order valence-electron chi connectivity index (χ4n) is 1.30. The first kappa shape index (κ1) is 13.4. The molecular weight excluding hydrogens is 414 g/mol. The summed E-state index contributed by atoms with van der Waals surface area (Å²) in [7, 11) is 0. The molecule has 1 N–H and O–H groups in total. The third kappa shape index (κ3) is 3.26. The molecule has 0 spiro atoms. The van der Waals surface area contributed by atoms with Crippen molar-refractivity contribution >= 4 is 50.2 Å². The number of benzene rings is 1. The fraction of sp³-hybridized carbons (Fsp3) is 0. The monoisotopic (exact) mass is 420 g/mol. The minimum atomic E-state index is -0.459. The van der Waals surface area contributed by atoms with Crippen molar-refractivity contribution in [1.82, 2.24) is 4.98 Å². The quantitative estimate of drug-likeness (QED) is 0.750. The highest BCUT2D eigenvalue weighted by Gasteiger charge is 2.11. The van der Waals surface area contributed by atoms with Gasteiger partial charge in [-0.3, -0.25) is 4.79 Å². The van der Waals surface area contributed by atoms with Crippen molar-refractivity contribution in [2.24, 2.45) is 0 Å². The molecule has 3 nitrogen and oxygen atoms in total.